The third-order valence-corrected chi connectivity index (χ3v) is 10.8. The van der Waals surface area contributed by atoms with Gasteiger partial charge in [0.1, 0.15) is 23.0 Å². The Morgan fingerprint density at radius 2 is 0.775 bits per heavy atom. The molecule has 0 aliphatic heterocycles. The van der Waals surface area contributed by atoms with E-state index >= 15 is 0 Å². The van der Waals surface area contributed by atoms with Gasteiger partial charge in [-0.2, -0.15) is 0 Å². The lowest BCUT2D eigenvalue weighted by Crippen LogP contribution is -3.61. The number of rotatable bonds is 10. The van der Waals surface area contributed by atoms with Crippen LogP contribution >= 0.6 is 0 Å². The zero-order valence-corrected chi connectivity index (χ0v) is 25.1. The van der Waals surface area contributed by atoms with E-state index in [4.69, 9.17) is 9.47 Å². The molecule has 0 unspecified atom stereocenters. The van der Waals surface area contributed by atoms with Crippen LogP contribution in [0.4, 0.5) is 0 Å². The van der Waals surface area contributed by atoms with Crippen molar-refractivity contribution < 1.29 is 71.7 Å². The molecule has 0 amide bonds. The molecular formula is C32H22I2O6+2. The number of carboxylic acid groups (broad SMARTS) is 2. The second-order valence-corrected chi connectivity index (χ2v) is 14.5. The first-order valence-corrected chi connectivity index (χ1v) is 16.3. The Kier molecular flexibility index (Phi) is 8.97. The van der Waals surface area contributed by atoms with Crippen LogP contribution in [0.3, 0.4) is 0 Å². The predicted molar refractivity (Wildman–Crippen MR) is 141 cm³/mol. The lowest BCUT2D eigenvalue weighted by Gasteiger charge is -2.08. The SMILES string of the molecule is O=C(O)c1cccc([I+]c2ccc(Oc3ccc(Oc4ccc([I+]c5cccc(C(=O)O)c5)cc4)cc3)cc2)c1. The largest absolute Gasteiger partial charge is 0.478 e. The molecule has 0 aliphatic carbocycles. The molecule has 0 bridgehead atoms. The second kappa shape index (κ2) is 13.0. The lowest BCUT2D eigenvalue weighted by atomic mass is 10.2. The molecule has 0 atom stereocenters. The van der Waals surface area contributed by atoms with E-state index in [2.05, 4.69) is 0 Å². The summed E-state index contributed by atoms with van der Waals surface area (Å²) in [5.74, 6) is 0.980. The fourth-order valence-corrected chi connectivity index (χ4v) is 8.23. The van der Waals surface area contributed by atoms with E-state index in [9.17, 15) is 19.8 Å². The van der Waals surface area contributed by atoms with Crippen molar-refractivity contribution in [1.29, 1.82) is 0 Å². The van der Waals surface area contributed by atoms with Gasteiger partial charge in [-0.25, -0.2) is 9.59 Å². The van der Waals surface area contributed by atoms with Gasteiger partial charge < -0.3 is 19.7 Å². The number of carboxylic acids is 2. The summed E-state index contributed by atoms with van der Waals surface area (Å²) in [5.41, 5.74) is 0.618. The summed E-state index contributed by atoms with van der Waals surface area (Å²) in [5, 5.41) is 18.4. The van der Waals surface area contributed by atoms with Gasteiger partial charge in [-0.1, -0.05) is 12.1 Å². The molecular weight excluding hydrogens is 734 g/mol. The Morgan fingerprint density at radius 1 is 0.450 bits per heavy atom. The molecule has 2 N–H and O–H groups in total. The first-order chi connectivity index (χ1) is 19.4. The van der Waals surface area contributed by atoms with Crippen molar-refractivity contribution in [3.8, 4) is 23.0 Å². The highest BCUT2D eigenvalue weighted by Crippen LogP contribution is 2.26. The number of ether oxygens (including phenoxy) is 2. The maximum atomic E-state index is 11.2. The average Bonchev–Trinajstić information content (AvgIpc) is 2.96. The lowest BCUT2D eigenvalue weighted by molar-refractivity contribution is -0.597. The minimum atomic E-state index is -0.914. The van der Waals surface area contributed by atoms with E-state index in [-0.39, 0.29) is 0 Å². The van der Waals surface area contributed by atoms with Crippen LogP contribution in [0.1, 0.15) is 20.7 Å². The Hall–Kier alpha value is -3.90. The summed E-state index contributed by atoms with van der Waals surface area (Å²) in [7, 11) is 0. The van der Waals surface area contributed by atoms with Crippen molar-refractivity contribution in [2.24, 2.45) is 0 Å². The van der Waals surface area contributed by atoms with Crippen LogP contribution < -0.4 is 51.9 Å². The first-order valence-electron chi connectivity index (χ1n) is 12.0. The summed E-state index contributed by atoms with van der Waals surface area (Å²) in [4.78, 5) is 22.4. The van der Waals surface area contributed by atoms with Gasteiger partial charge in [0.25, 0.3) is 0 Å². The smallest absolute Gasteiger partial charge is 0.357 e. The highest BCUT2D eigenvalue weighted by atomic mass is 127. The molecule has 40 heavy (non-hydrogen) atoms. The number of carbonyl (C=O) groups is 2. The topological polar surface area (TPSA) is 93.1 Å². The minimum Gasteiger partial charge on any atom is -0.478 e. The summed E-state index contributed by atoms with van der Waals surface area (Å²) in [6, 6.07) is 37.3. The van der Waals surface area contributed by atoms with E-state index in [1.165, 1.54) is 7.14 Å². The van der Waals surface area contributed by atoms with Gasteiger partial charge in [-0.15, -0.1) is 0 Å². The summed E-state index contributed by atoms with van der Waals surface area (Å²) in [6.07, 6.45) is 0. The Labute approximate surface area is 251 Å². The van der Waals surface area contributed by atoms with Crippen LogP contribution in [0.2, 0.25) is 0 Å². The molecule has 198 valence electrons. The monoisotopic (exact) mass is 756 g/mol. The average molecular weight is 756 g/mol. The fourth-order valence-electron chi connectivity index (χ4n) is 3.59. The van der Waals surface area contributed by atoms with Crippen molar-refractivity contribution in [3.63, 3.8) is 0 Å². The van der Waals surface area contributed by atoms with Crippen molar-refractivity contribution >= 4 is 11.9 Å². The normalized spacial score (nSPS) is 10.6. The van der Waals surface area contributed by atoms with Gasteiger partial charge in [0.15, 0.2) is 14.3 Å². The third-order valence-electron chi connectivity index (χ3n) is 5.50. The van der Waals surface area contributed by atoms with Crippen LogP contribution in [-0.2, 0) is 0 Å². The molecule has 0 saturated heterocycles. The Morgan fingerprint density at radius 3 is 1.10 bits per heavy atom. The molecule has 0 fully saturated rings. The first kappa shape index (κ1) is 27.7. The van der Waals surface area contributed by atoms with Gasteiger partial charge in [0.2, 0.25) is 0 Å². The van der Waals surface area contributed by atoms with Crippen LogP contribution in [0.5, 0.6) is 23.0 Å². The van der Waals surface area contributed by atoms with Crippen LogP contribution in [-0.4, -0.2) is 22.2 Å². The van der Waals surface area contributed by atoms with E-state index in [0.29, 0.717) is 34.1 Å². The maximum Gasteiger partial charge on any atom is 0.357 e. The van der Waals surface area contributed by atoms with Crippen LogP contribution in [0, 0.1) is 14.3 Å². The summed E-state index contributed by atoms with van der Waals surface area (Å²) >= 11 is -0.982. The molecule has 8 heteroatoms. The molecule has 5 aromatic carbocycles. The third kappa shape index (κ3) is 7.60. The van der Waals surface area contributed by atoms with Gasteiger partial charge in [0.05, 0.1) is 11.1 Å². The van der Waals surface area contributed by atoms with Crippen LogP contribution in [0.25, 0.3) is 0 Å². The zero-order valence-electron chi connectivity index (χ0n) is 20.8. The highest BCUT2D eigenvalue weighted by Gasteiger charge is 2.19. The number of hydrogen-bond donors (Lipinski definition) is 2. The zero-order chi connectivity index (χ0) is 27.9. The quantitative estimate of drug-likeness (QED) is 0.206. The van der Waals surface area contributed by atoms with E-state index in [1.54, 1.807) is 36.4 Å². The van der Waals surface area contributed by atoms with Gasteiger partial charge in [0, 0.05) is 12.1 Å². The van der Waals surface area contributed by atoms with Crippen molar-refractivity contribution in [3.05, 3.63) is 147 Å². The van der Waals surface area contributed by atoms with E-state index in [0.717, 1.165) is 7.14 Å². The second-order valence-electron chi connectivity index (χ2n) is 8.40. The van der Waals surface area contributed by atoms with Crippen LogP contribution in [0.15, 0.2) is 121 Å². The predicted octanol–water partition coefficient (Wildman–Crippen LogP) is 0.924. The molecule has 0 aromatic heterocycles. The molecule has 5 aromatic rings. The Balaban J connectivity index is 1.15. The molecule has 6 nitrogen and oxygen atoms in total. The summed E-state index contributed by atoms with van der Waals surface area (Å²) in [6.45, 7) is 0. The molecule has 0 radical (unpaired) electrons. The minimum absolute atomic E-state index is 0.309. The number of halogens is 2. The van der Waals surface area contributed by atoms with Crippen molar-refractivity contribution in [1.82, 2.24) is 0 Å². The molecule has 0 saturated carbocycles. The van der Waals surface area contributed by atoms with E-state index in [1.807, 2.05) is 84.9 Å². The van der Waals surface area contributed by atoms with Crippen molar-refractivity contribution in [2.75, 3.05) is 0 Å². The fraction of sp³-hybridized carbons (Fsp3) is 0. The standard InChI is InChI=1S/C32H20I2O6/c35-31(36)21-3-1-5-25(19-21)33-23-7-11-27(12-8-23)39-29-15-17-30(18-16-29)40-28-13-9-24(10-14-28)34-26-6-2-4-22(20-26)32(37)38/h1-20H/p+2. The molecule has 0 aliphatic rings. The maximum absolute atomic E-state index is 11.2. The molecule has 0 heterocycles. The van der Waals surface area contributed by atoms with E-state index < -0.39 is 54.3 Å². The van der Waals surface area contributed by atoms with Gasteiger partial charge in [-0.3, -0.25) is 0 Å². The Bertz CT molecular complexity index is 1510. The van der Waals surface area contributed by atoms with Gasteiger partial charge >= 0.3 is 54.3 Å². The molecule has 5 rings (SSSR count). The van der Waals surface area contributed by atoms with Crippen molar-refractivity contribution in [2.45, 2.75) is 0 Å². The number of benzene rings is 5. The van der Waals surface area contributed by atoms with Gasteiger partial charge in [-0.05, 0) is 97.1 Å². The highest BCUT2D eigenvalue weighted by molar-refractivity contribution is 5.87. The number of hydrogen-bond acceptors (Lipinski definition) is 4. The summed E-state index contributed by atoms with van der Waals surface area (Å²) < 4.78 is 16.4. The number of aromatic carboxylic acids is 2. The molecule has 0 spiro atoms.